The molecule has 144 valence electrons. The van der Waals surface area contributed by atoms with Gasteiger partial charge in [0.15, 0.2) is 0 Å². The van der Waals surface area contributed by atoms with Crippen LogP contribution in [-0.2, 0) is 6.54 Å². The molecular formula is C19H25N5O3. The minimum absolute atomic E-state index is 0.106. The molecule has 2 aromatic heterocycles. The molecule has 2 aromatic rings. The van der Waals surface area contributed by atoms with Crippen molar-refractivity contribution in [3.63, 3.8) is 0 Å². The predicted octanol–water partition coefficient (Wildman–Crippen LogP) is 0.525. The van der Waals surface area contributed by atoms with Crippen molar-refractivity contribution < 1.29 is 4.79 Å². The van der Waals surface area contributed by atoms with Gasteiger partial charge in [-0.3, -0.25) is 19.3 Å². The van der Waals surface area contributed by atoms with Gasteiger partial charge in [0.25, 0.3) is 17.0 Å². The van der Waals surface area contributed by atoms with Gasteiger partial charge in [0.1, 0.15) is 5.56 Å². The summed E-state index contributed by atoms with van der Waals surface area (Å²) in [5.74, 6) is -0.362. The third kappa shape index (κ3) is 4.91. The standard InChI is InChI=1S/C19H25N5O3/c1-14-7-8-17(25)24(22-14)12-11-23-10-3-2-5-15(23)13-21-19(27)16-6-4-9-20-18(16)26/h4,6-9,15H,2-3,5,10-13H2,1H3,(H,20,26)(H,21,27). The van der Waals surface area contributed by atoms with Crippen LogP contribution < -0.4 is 16.4 Å². The Morgan fingerprint density at radius 3 is 2.93 bits per heavy atom. The Kier molecular flexibility index (Phi) is 6.18. The van der Waals surface area contributed by atoms with E-state index >= 15 is 0 Å². The first-order valence-corrected chi connectivity index (χ1v) is 9.29. The minimum atomic E-state index is -0.389. The maximum atomic E-state index is 12.3. The molecule has 1 saturated heterocycles. The lowest BCUT2D eigenvalue weighted by Gasteiger charge is -2.35. The third-order valence-corrected chi connectivity index (χ3v) is 4.91. The number of nitrogens with zero attached hydrogens (tertiary/aromatic N) is 3. The molecular weight excluding hydrogens is 346 g/mol. The number of piperidine rings is 1. The van der Waals surface area contributed by atoms with Crippen LogP contribution in [0, 0.1) is 6.92 Å². The average Bonchev–Trinajstić information content (AvgIpc) is 2.68. The molecule has 8 nitrogen and oxygen atoms in total. The number of H-pyrrole nitrogens is 1. The summed E-state index contributed by atoms with van der Waals surface area (Å²) in [4.78, 5) is 40.7. The SMILES string of the molecule is Cc1ccc(=O)n(CCN2CCCCC2CNC(=O)c2ccc[nH]c2=O)n1. The first kappa shape index (κ1) is 19.0. The molecule has 1 unspecified atom stereocenters. The molecule has 0 spiro atoms. The van der Waals surface area contributed by atoms with Crippen molar-refractivity contribution in [2.75, 3.05) is 19.6 Å². The van der Waals surface area contributed by atoms with Crippen molar-refractivity contribution in [2.45, 2.75) is 38.8 Å². The van der Waals surface area contributed by atoms with Gasteiger partial charge in [0, 0.05) is 31.4 Å². The Hall–Kier alpha value is -2.74. The molecule has 0 aliphatic carbocycles. The van der Waals surface area contributed by atoms with E-state index in [4.69, 9.17) is 0 Å². The number of carbonyl (C=O) groups is 1. The Bertz CT molecular complexity index is 904. The van der Waals surface area contributed by atoms with E-state index < -0.39 is 0 Å². The smallest absolute Gasteiger partial charge is 0.266 e. The summed E-state index contributed by atoms with van der Waals surface area (Å²) in [7, 11) is 0. The van der Waals surface area contributed by atoms with E-state index in [-0.39, 0.29) is 28.6 Å². The summed E-state index contributed by atoms with van der Waals surface area (Å²) in [5, 5.41) is 7.15. The molecule has 1 aliphatic rings. The van der Waals surface area contributed by atoms with E-state index in [2.05, 4.69) is 20.3 Å². The van der Waals surface area contributed by atoms with E-state index in [1.807, 2.05) is 6.92 Å². The van der Waals surface area contributed by atoms with Crippen molar-refractivity contribution in [3.05, 3.63) is 62.4 Å². The van der Waals surface area contributed by atoms with Crippen molar-refractivity contribution >= 4 is 5.91 Å². The van der Waals surface area contributed by atoms with Gasteiger partial charge in [-0.15, -0.1) is 0 Å². The third-order valence-electron chi connectivity index (χ3n) is 4.91. The number of hydrogen-bond donors (Lipinski definition) is 2. The zero-order valence-electron chi connectivity index (χ0n) is 15.5. The average molecular weight is 371 g/mol. The van der Waals surface area contributed by atoms with E-state index in [1.165, 1.54) is 23.0 Å². The number of carbonyl (C=O) groups excluding carboxylic acids is 1. The molecule has 0 saturated carbocycles. The first-order valence-electron chi connectivity index (χ1n) is 9.29. The topological polar surface area (TPSA) is 100 Å². The van der Waals surface area contributed by atoms with Gasteiger partial charge in [-0.25, -0.2) is 4.68 Å². The molecule has 1 amide bonds. The Morgan fingerprint density at radius 1 is 1.26 bits per heavy atom. The lowest BCUT2D eigenvalue weighted by atomic mass is 10.0. The van der Waals surface area contributed by atoms with Crippen LogP contribution in [0.5, 0.6) is 0 Å². The number of likely N-dealkylation sites (tertiary alicyclic amines) is 1. The number of aromatic amines is 1. The molecule has 2 N–H and O–H groups in total. The summed E-state index contributed by atoms with van der Waals surface area (Å²) in [6, 6.07) is 6.58. The second kappa shape index (κ2) is 8.77. The fourth-order valence-electron chi connectivity index (χ4n) is 3.43. The number of rotatable bonds is 6. The summed E-state index contributed by atoms with van der Waals surface area (Å²) in [6.45, 7) is 4.48. The Labute approximate surface area is 157 Å². The van der Waals surface area contributed by atoms with Crippen LogP contribution in [0.2, 0.25) is 0 Å². The fraction of sp³-hybridized carbons (Fsp3) is 0.474. The fourth-order valence-corrected chi connectivity index (χ4v) is 3.43. The highest BCUT2D eigenvalue weighted by Gasteiger charge is 2.23. The zero-order chi connectivity index (χ0) is 19.2. The molecule has 1 atom stereocenters. The predicted molar refractivity (Wildman–Crippen MR) is 102 cm³/mol. The van der Waals surface area contributed by atoms with Crippen LogP contribution in [0.25, 0.3) is 0 Å². The molecule has 3 heterocycles. The molecule has 0 aromatic carbocycles. The van der Waals surface area contributed by atoms with Gasteiger partial charge in [-0.2, -0.15) is 5.10 Å². The summed E-state index contributed by atoms with van der Waals surface area (Å²) in [6.07, 6.45) is 4.68. The minimum Gasteiger partial charge on any atom is -0.350 e. The molecule has 8 heteroatoms. The highest BCUT2D eigenvalue weighted by molar-refractivity contribution is 5.93. The van der Waals surface area contributed by atoms with Gasteiger partial charge in [-0.05, 0) is 44.5 Å². The number of pyridine rings is 1. The number of nitrogens with one attached hydrogen (secondary N) is 2. The van der Waals surface area contributed by atoms with Gasteiger partial charge in [0.2, 0.25) is 0 Å². The second-order valence-electron chi connectivity index (χ2n) is 6.84. The van der Waals surface area contributed by atoms with Crippen LogP contribution >= 0.6 is 0 Å². The van der Waals surface area contributed by atoms with Gasteiger partial charge < -0.3 is 10.3 Å². The normalized spacial score (nSPS) is 17.6. The first-order chi connectivity index (χ1) is 13.0. The largest absolute Gasteiger partial charge is 0.350 e. The monoisotopic (exact) mass is 371 g/mol. The van der Waals surface area contributed by atoms with Crippen LogP contribution in [0.1, 0.15) is 35.3 Å². The van der Waals surface area contributed by atoms with E-state index in [0.29, 0.717) is 19.6 Å². The maximum absolute atomic E-state index is 12.3. The molecule has 0 radical (unpaired) electrons. The van der Waals surface area contributed by atoms with Gasteiger partial charge >= 0.3 is 0 Å². The van der Waals surface area contributed by atoms with Crippen LogP contribution in [0.4, 0.5) is 0 Å². The van der Waals surface area contributed by atoms with Gasteiger partial charge in [-0.1, -0.05) is 6.42 Å². The molecule has 0 bridgehead atoms. The van der Waals surface area contributed by atoms with Crippen molar-refractivity contribution in [2.24, 2.45) is 0 Å². The van der Waals surface area contributed by atoms with E-state index in [1.54, 1.807) is 12.1 Å². The summed E-state index contributed by atoms with van der Waals surface area (Å²) >= 11 is 0. The van der Waals surface area contributed by atoms with Crippen molar-refractivity contribution in [1.82, 2.24) is 25.0 Å². The molecule has 1 fully saturated rings. The maximum Gasteiger partial charge on any atom is 0.266 e. The molecule has 3 rings (SSSR count). The Balaban J connectivity index is 1.59. The number of amides is 1. The zero-order valence-corrected chi connectivity index (χ0v) is 15.5. The number of aryl methyl sites for hydroxylation is 1. The molecule has 27 heavy (non-hydrogen) atoms. The number of hydrogen-bond acceptors (Lipinski definition) is 5. The lowest BCUT2D eigenvalue weighted by molar-refractivity contribution is 0.0907. The highest BCUT2D eigenvalue weighted by atomic mass is 16.2. The summed E-state index contributed by atoms with van der Waals surface area (Å²) < 4.78 is 1.49. The lowest BCUT2D eigenvalue weighted by Crippen LogP contribution is -2.48. The number of aromatic nitrogens is 3. The van der Waals surface area contributed by atoms with E-state index in [9.17, 15) is 14.4 Å². The second-order valence-corrected chi connectivity index (χ2v) is 6.84. The van der Waals surface area contributed by atoms with Gasteiger partial charge in [0.05, 0.1) is 12.2 Å². The summed E-state index contributed by atoms with van der Waals surface area (Å²) in [5.41, 5.74) is 0.437. The van der Waals surface area contributed by atoms with E-state index in [0.717, 1.165) is 31.5 Å². The van der Waals surface area contributed by atoms with Crippen LogP contribution in [0.3, 0.4) is 0 Å². The highest BCUT2D eigenvalue weighted by Crippen LogP contribution is 2.16. The molecule has 1 aliphatic heterocycles. The van der Waals surface area contributed by atoms with Crippen LogP contribution in [0.15, 0.2) is 40.1 Å². The van der Waals surface area contributed by atoms with Crippen molar-refractivity contribution in [1.29, 1.82) is 0 Å². The van der Waals surface area contributed by atoms with Crippen molar-refractivity contribution in [3.8, 4) is 0 Å². The van der Waals surface area contributed by atoms with Crippen LogP contribution in [-0.4, -0.2) is 51.2 Å². The quantitative estimate of drug-likeness (QED) is 0.771. The Morgan fingerprint density at radius 2 is 2.11 bits per heavy atom.